The summed E-state index contributed by atoms with van der Waals surface area (Å²) in [6.45, 7) is 1.90. The highest BCUT2D eigenvalue weighted by molar-refractivity contribution is 7.22. The van der Waals surface area contributed by atoms with Gasteiger partial charge in [0.15, 0.2) is 11.0 Å². The van der Waals surface area contributed by atoms with Crippen LogP contribution in [0.2, 0.25) is 0 Å². The molecule has 6 nitrogen and oxygen atoms in total. The molecular weight excluding hydrogens is 369 g/mol. The van der Waals surface area contributed by atoms with E-state index in [4.69, 9.17) is 0 Å². The number of nitrogens with zero attached hydrogens (tertiary/aromatic N) is 3. The van der Waals surface area contributed by atoms with Crippen LogP contribution >= 0.6 is 11.3 Å². The fraction of sp³-hybridized carbons (Fsp3) is 0.312. The molecule has 0 fully saturated rings. The number of benzene rings is 1. The molecule has 3 aromatic rings. The number of carbonyl (C=O) groups is 1. The van der Waals surface area contributed by atoms with Crippen molar-refractivity contribution in [2.45, 2.75) is 25.1 Å². The number of hydrogen-bond acceptors (Lipinski definition) is 5. The molecule has 0 spiro atoms. The predicted octanol–water partition coefficient (Wildman–Crippen LogP) is 3.12. The summed E-state index contributed by atoms with van der Waals surface area (Å²) in [5.41, 5.74) is -1.77. The molecule has 0 saturated heterocycles. The summed E-state index contributed by atoms with van der Waals surface area (Å²) in [4.78, 5) is 19.9. The van der Waals surface area contributed by atoms with Crippen molar-refractivity contribution in [2.24, 2.45) is 7.05 Å². The molecule has 2 heterocycles. The first-order valence-electron chi connectivity index (χ1n) is 7.54. The zero-order valence-corrected chi connectivity index (χ0v) is 14.6. The summed E-state index contributed by atoms with van der Waals surface area (Å²) < 4.78 is 42.2. The van der Waals surface area contributed by atoms with Gasteiger partial charge in [-0.1, -0.05) is 17.4 Å². The first-order valence-corrected chi connectivity index (χ1v) is 8.36. The maximum Gasteiger partial charge on any atom is 0.425 e. The smallest absolute Gasteiger partial charge is 0.374 e. The lowest BCUT2D eigenvalue weighted by atomic mass is 9.97. The van der Waals surface area contributed by atoms with Gasteiger partial charge >= 0.3 is 6.18 Å². The molecule has 1 aromatic carbocycles. The Morgan fingerprint density at radius 1 is 1.38 bits per heavy atom. The largest absolute Gasteiger partial charge is 0.425 e. The lowest BCUT2D eigenvalue weighted by molar-refractivity contribution is -0.270. The maximum atomic E-state index is 13.5. The SMILES string of the molecule is Cc1ccc2nc(NC(=O)CC(O)(c3nccn3C)C(F)(F)F)sc2c1. The van der Waals surface area contributed by atoms with E-state index in [9.17, 15) is 23.1 Å². The van der Waals surface area contributed by atoms with Gasteiger partial charge < -0.3 is 15.0 Å². The van der Waals surface area contributed by atoms with Crippen LogP contribution in [0.5, 0.6) is 0 Å². The molecular formula is C16H15F3N4O2S. The van der Waals surface area contributed by atoms with Crippen molar-refractivity contribution in [3.8, 4) is 0 Å². The Kier molecular flexibility index (Phi) is 4.49. The number of imidazole rings is 1. The Balaban J connectivity index is 1.85. The highest BCUT2D eigenvalue weighted by atomic mass is 32.1. The molecule has 0 bridgehead atoms. The fourth-order valence-electron chi connectivity index (χ4n) is 2.55. The molecule has 0 radical (unpaired) electrons. The average Bonchev–Trinajstić information content (AvgIpc) is 3.11. The van der Waals surface area contributed by atoms with Crippen LogP contribution in [-0.2, 0) is 17.4 Å². The highest BCUT2D eigenvalue weighted by Gasteiger charge is 2.58. The van der Waals surface area contributed by atoms with Gasteiger partial charge in [0.05, 0.1) is 16.6 Å². The number of aryl methyl sites for hydroxylation is 2. The molecule has 26 heavy (non-hydrogen) atoms. The maximum absolute atomic E-state index is 13.5. The van der Waals surface area contributed by atoms with Gasteiger partial charge in [0.25, 0.3) is 0 Å². The van der Waals surface area contributed by atoms with Gasteiger partial charge in [-0.15, -0.1) is 0 Å². The van der Waals surface area contributed by atoms with Crippen molar-refractivity contribution in [1.29, 1.82) is 0 Å². The Hall–Kier alpha value is -2.46. The van der Waals surface area contributed by atoms with Gasteiger partial charge in [-0.3, -0.25) is 4.79 Å². The molecule has 0 aliphatic heterocycles. The molecule has 3 rings (SSSR count). The Labute approximate surface area is 150 Å². The third kappa shape index (κ3) is 3.29. The second kappa shape index (κ2) is 6.36. The van der Waals surface area contributed by atoms with E-state index in [-0.39, 0.29) is 5.13 Å². The number of fused-ring (bicyclic) bond motifs is 1. The van der Waals surface area contributed by atoms with Gasteiger partial charge in [-0.2, -0.15) is 13.2 Å². The fourth-order valence-corrected chi connectivity index (χ4v) is 3.53. The molecule has 1 unspecified atom stereocenters. The molecule has 0 aliphatic carbocycles. The number of aliphatic hydroxyl groups is 1. The summed E-state index contributed by atoms with van der Waals surface area (Å²) in [5, 5.41) is 12.7. The number of thiazole rings is 1. The van der Waals surface area contributed by atoms with Gasteiger partial charge in [0.1, 0.15) is 0 Å². The van der Waals surface area contributed by atoms with E-state index in [1.54, 1.807) is 6.07 Å². The van der Waals surface area contributed by atoms with Crippen LogP contribution in [-0.4, -0.2) is 31.7 Å². The van der Waals surface area contributed by atoms with E-state index in [1.807, 2.05) is 19.1 Å². The van der Waals surface area contributed by atoms with E-state index in [0.29, 0.717) is 5.52 Å². The van der Waals surface area contributed by atoms with Crippen molar-refractivity contribution in [2.75, 3.05) is 5.32 Å². The Morgan fingerprint density at radius 2 is 2.12 bits per heavy atom. The van der Waals surface area contributed by atoms with Gasteiger partial charge in [0, 0.05) is 19.4 Å². The van der Waals surface area contributed by atoms with E-state index in [1.165, 1.54) is 13.2 Å². The molecule has 10 heteroatoms. The zero-order chi connectivity index (χ0) is 19.1. The predicted molar refractivity (Wildman–Crippen MR) is 90.8 cm³/mol. The molecule has 1 atom stereocenters. The van der Waals surface area contributed by atoms with Crippen LogP contribution in [0, 0.1) is 6.92 Å². The topological polar surface area (TPSA) is 80.0 Å². The van der Waals surface area contributed by atoms with Crippen molar-refractivity contribution < 1.29 is 23.1 Å². The lowest BCUT2D eigenvalue weighted by Crippen LogP contribution is -2.46. The second-order valence-corrected chi connectivity index (χ2v) is 6.97. The molecule has 0 aliphatic rings. The van der Waals surface area contributed by atoms with E-state index in [2.05, 4.69) is 15.3 Å². The number of carbonyl (C=O) groups excluding carboxylic acids is 1. The number of anilines is 1. The zero-order valence-electron chi connectivity index (χ0n) is 13.8. The standard InChI is InChI=1S/C16H15F3N4O2S/c1-9-3-4-10-11(7-9)26-14(21-10)22-12(24)8-15(25,16(17,18)19)13-20-5-6-23(13)2/h3-7,25H,8H2,1-2H3,(H,21,22,24). The number of amides is 1. The molecule has 0 saturated carbocycles. The summed E-state index contributed by atoms with van der Waals surface area (Å²) in [6.07, 6.45) is -3.91. The summed E-state index contributed by atoms with van der Waals surface area (Å²) in [5.74, 6) is -1.66. The highest BCUT2D eigenvalue weighted by Crippen LogP contribution is 2.41. The molecule has 2 N–H and O–H groups in total. The van der Waals surface area contributed by atoms with E-state index < -0.39 is 29.9 Å². The van der Waals surface area contributed by atoms with Crippen LogP contribution in [0.25, 0.3) is 10.2 Å². The van der Waals surface area contributed by atoms with Crippen LogP contribution in [0.4, 0.5) is 18.3 Å². The average molecular weight is 384 g/mol. The number of halogens is 3. The minimum atomic E-state index is -5.08. The van der Waals surface area contributed by atoms with E-state index in [0.717, 1.165) is 32.4 Å². The molecule has 1 amide bonds. The van der Waals surface area contributed by atoms with Crippen molar-refractivity contribution >= 4 is 32.6 Å². The summed E-state index contributed by atoms with van der Waals surface area (Å²) in [7, 11) is 1.31. The van der Waals surface area contributed by atoms with Crippen LogP contribution in [0.3, 0.4) is 0 Å². The Bertz CT molecular complexity index is 966. The van der Waals surface area contributed by atoms with Crippen molar-refractivity contribution in [1.82, 2.24) is 14.5 Å². The number of hydrogen-bond donors (Lipinski definition) is 2. The summed E-state index contributed by atoms with van der Waals surface area (Å²) >= 11 is 1.15. The van der Waals surface area contributed by atoms with Gasteiger partial charge in [0.2, 0.25) is 11.5 Å². The first kappa shape index (κ1) is 18.3. The van der Waals surface area contributed by atoms with Crippen LogP contribution in [0.15, 0.2) is 30.6 Å². The monoisotopic (exact) mass is 384 g/mol. The van der Waals surface area contributed by atoms with Crippen LogP contribution in [0.1, 0.15) is 17.8 Å². The van der Waals surface area contributed by atoms with Crippen LogP contribution < -0.4 is 5.32 Å². The third-order valence-corrected chi connectivity index (χ3v) is 4.80. The van der Waals surface area contributed by atoms with Crippen molar-refractivity contribution in [3.05, 3.63) is 42.0 Å². The molecule has 2 aromatic heterocycles. The third-order valence-electron chi connectivity index (χ3n) is 3.87. The first-order chi connectivity index (χ1) is 12.1. The second-order valence-electron chi connectivity index (χ2n) is 5.93. The van der Waals surface area contributed by atoms with E-state index >= 15 is 0 Å². The number of aromatic nitrogens is 3. The van der Waals surface area contributed by atoms with Gasteiger partial charge in [-0.25, -0.2) is 9.97 Å². The Morgan fingerprint density at radius 3 is 2.73 bits per heavy atom. The quantitative estimate of drug-likeness (QED) is 0.724. The lowest BCUT2D eigenvalue weighted by Gasteiger charge is -2.29. The van der Waals surface area contributed by atoms with Gasteiger partial charge in [-0.05, 0) is 24.6 Å². The summed E-state index contributed by atoms with van der Waals surface area (Å²) in [6, 6.07) is 5.47. The number of rotatable bonds is 4. The minimum absolute atomic E-state index is 0.167. The van der Waals surface area contributed by atoms with Crippen molar-refractivity contribution in [3.63, 3.8) is 0 Å². The minimum Gasteiger partial charge on any atom is -0.374 e. The number of nitrogens with one attached hydrogen (secondary N) is 1. The molecule has 138 valence electrons. The normalized spacial score (nSPS) is 14.4. The number of alkyl halides is 3.